The number of nitro benzene ring substituents is 1. The van der Waals surface area contributed by atoms with Crippen molar-refractivity contribution in [2.75, 3.05) is 12.3 Å². The van der Waals surface area contributed by atoms with Gasteiger partial charge in [0.2, 0.25) is 5.91 Å². The first-order valence-corrected chi connectivity index (χ1v) is 12.7. The van der Waals surface area contributed by atoms with Gasteiger partial charge in [0.05, 0.1) is 16.7 Å². The number of hydrogen-bond acceptors (Lipinski definition) is 7. The molecule has 0 radical (unpaired) electrons. The number of carbonyl (C=O) groups excluding carboxylic acids is 2. The molecule has 10 nitrogen and oxygen atoms in total. The molecule has 0 spiro atoms. The van der Waals surface area contributed by atoms with Crippen LogP contribution in [0.1, 0.15) is 48.6 Å². The Bertz CT molecular complexity index is 1200. The summed E-state index contributed by atoms with van der Waals surface area (Å²) in [6.07, 6.45) is 0.757. The molecule has 0 unspecified atom stereocenters. The molecule has 11 heteroatoms. The number of thioether (sulfide) groups is 1. The van der Waals surface area contributed by atoms with Gasteiger partial charge in [-0.3, -0.25) is 19.7 Å². The predicted octanol–water partition coefficient (Wildman–Crippen LogP) is 3.78. The van der Waals surface area contributed by atoms with E-state index in [9.17, 15) is 19.7 Å². The van der Waals surface area contributed by atoms with Gasteiger partial charge in [0.15, 0.2) is 11.0 Å². The molecular weight excluding hydrogens is 480 g/mol. The fraction of sp³-hybridized carbons (Fsp3) is 0.360. The molecule has 0 aliphatic rings. The molecule has 2 aromatic carbocycles. The van der Waals surface area contributed by atoms with Crippen molar-refractivity contribution in [2.24, 2.45) is 5.92 Å². The molecular formula is C25H30N6O4S. The number of nitro groups is 1. The largest absolute Gasteiger partial charge is 0.355 e. The first kappa shape index (κ1) is 26.9. The number of aromatic nitrogens is 3. The number of nitrogens with zero attached hydrogens (tertiary/aromatic N) is 4. The van der Waals surface area contributed by atoms with Crippen molar-refractivity contribution in [3.05, 3.63) is 81.7 Å². The van der Waals surface area contributed by atoms with Gasteiger partial charge in [-0.05, 0) is 30.9 Å². The van der Waals surface area contributed by atoms with E-state index < -0.39 is 16.9 Å². The topological polar surface area (TPSA) is 132 Å². The van der Waals surface area contributed by atoms with Crippen LogP contribution in [-0.4, -0.2) is 43.8 Å². The maximum Gasteiger partial charge on any atom is 0.270 e. The van der Waals surface area contributed by atoms with Crippen molar-refractivity contribution in [3.8, 4) is 0 Å². The minimum absolute atomic E-state index is 0.0266. The molecule has 3 aromatic rings. The van der Waals surface area contributed by atoms with Crippen molar-refractivity contribution in [3.63, 3.8) is 0 Å². The Morgan fingerprint density at radius 2 is 1.86 bits per heavy atom. The summed E-state index contributed by atoms with van der Waals surface area (Å²) in [5.41, 5.74) is 1.20. The van der Waals surface area contributed by atoms with Crippen molar-refractivity contribution in [2.45, 2.75) is 44.9 Å². The molecule has 0 bridgehead atoms. The van der Waals surface area contributed by atoms with Crippen LogP contribution < -0.4 is 10.6 Å². The van der Waals surface area contributed by atoms with Crippen LogP contribution in [0.2, 0.25) is 0 Å². The van der Waals surface area contributed by atoms with Gasteiger partial charge in [-0.1, -0.05) is 62.0 Å². The molecule has 0 aliphatic heterocycles. The zero-order valence-electron chi connectivity index (χ0n) is 20.5. The lowest BCUT2D eigenvalue weighted by molar-refractivity contribution is -0.384. The molecule has 1 atom stereocenters. The summed E-state index contributed by atoms with van der Waals surface area (Å²) in [6.45, 7) is 6.93. The molecule has 0 fully saturated rings. The minimum Gasteiger partial charge on any atom is -0.355 e. The summed E-state index contributed by atoms with van der Waals surface area (Å²) in [7, 11) is 0. The lowest BCUT2D eigenvalue weighted by Crippen LogP contribution is -2.34. The van der Waals surface area contributed by atoms with Gasteiger partial charge in [-0.2, -0.15) is 0 Å². The molecule has 0 aliphatic carbocycles. The Morgan fingerprint density at radius 3 is 2.53 bits per heavy atom. The van der Waals surface area contributed by atoms with Crippen LogP contribution in [0.3, 0.4) is 0 Å². The van der Waals surface area contributed by atoms with Crippen LogP contribution in [0.25, 0.3) is 0 Å². The summed E-state index contributed by atoms with van der Waals surface area (Å²) in [4.78, 5) is 35.8. The van der Waals surface area contributed by atoms with Crippen LogP contribution in [0, 0.1) is 16.0 Å². The number of benzene rings is 2. The highest BCUT2D eigenvalue weighted by molar-refractivity contribution is 7.99. The molecule has 1 heterocycles. The number of amides is 2. The van der Waals surface area contributed by atoms with Gasteiger partial charge in [-0.25, -0.2) is 0 Å². The second kappa shape index (κ2) is 12.8. The summed E-state index contributed by atoms with van der Waals surface area (Å²) in [5, 5.41) is 26.1. The van der Waals surface area contributed by atoms with Crippen LogP contribution in [-0.2, 0) is 17.8 Å². The van der Waals surface area contributed by atoms with Gasteiger partial charge >= 0.3 is 0 Å². The molecule has 2 amide bonds. The van der Waals surface area contributed by atoms with Crippen molar-refractivity contribution in [1.29, 1.82) is 0 Å². The van der Waals surface area contributed by atoms with E-state index in [1.807, 2.05) is 55.7 Å². The molecule has 0 saturated carbocycles. The quantitative estimate of drug-likeness (QED) is 0.215. The third-order valence-corrected chi connectivity index (χ3v) is 6.49. The van der Waals surface area contributed by atoms with Crippen LogP contribution in [0.15, 0.2) is 59.8 Å². The second-order valence-corrected chi connectivity index (χ2v) is 9.40. The Balaban J connectivity index is 1.64. The standard InChI is InChI=1S/C25H30N6O4S/c1-4-30-23(22(17(2)3)27-24(33)19-11-8-12-20(15-19)31(34)35)28-29-25(30)36-16-21(32)26-14-13-18-9-6-5-7-10-18/h5-12,15,17,22H,4,13-14,16H2,1-3H3,(H,26,32)(H,27,33)/t22-/m0/s1. The van der Waals surface area contributed by atoms with Gasteiger partial charge in [0, 0.05) is 30.8 Å². The van der Waals surface area contributed by atoms with Crippen LogP contribution in [0.5, 0.6) is 0 Å². The summed E-state index contributed by atoms with van der Waals surface area (Å²) in [6, 6.07) is 15.1. The van der Waals surface area contributed by atoms with E-state index in [-0.39, 0.29) is 28.8 Å². The Hall–Kier alpha value is -3.73. The van der Waals surface area contributed by atoms with Crippen LogP contribution in [0.4, 0.5) is 5.69 Å². The fourth-order valence-corrected chi connectivity index (χ4v) is 4.46. The molecule has 3 rings (SSSR count). The number of non-ortho nitro benzene ring substituents is 1. The SMILES string of the molecule is CCn1c(SCC(=O)NCCc2ccccc2)nnc1[C@@H](NC(=O)c1cccc([N+](=O)[O-])c1)C(C)C. The van der Waals surface area contributed by atoms with Crippen molar-refractivity contribution in [1.82, 2.24) is 25.4 Å². The van der Waals surface area contributed by atoms with Crippen molar-refractivity contribution < 1.29 is 14.5 Å². The van der Waals surface area contributed by atoms with E-state index in [1.54, 1.807) is 0 Å². The summed E-state index contributed by atoms with van der Waals surface area (Å²) >= 11 is 1.29. The summed E-state index contributed by atoms with van der Waals surface area (Å²) in [5.74, 6) is 0.205. The Morgan fingerprint density at radius 1 is 1.11 bits per heavy atom. The third kappa shape index (κ3) is 7.14. The monoisotopic (exact) mass is 510 g/mol. The zero-order chi connectivity index (χ0) is 26.1. The fourth-order valence-electron chi connectivity index (χ4n) is 3.62. The van der Waals surface area contributed by atoms with E-state index in [2.05, 4.69) is 20.8 Å². The average Bonchev–Trinajstić information content (AvgIpc) is 3.28. The third-order valence-electron chi connectivity index (χ3n) is 5.52. The number of hydrogen-bond donors (Lipinski definition) is 2. The molecule has 190 valence electrons. The molecule has 1 aromatic heterocycles. The highest BCUT2D eigenvalue weighted by atomic mass is 32.2. The molecule has 2 N–H and O–H groups in total. The lowest BCUT2D eigenvalue weighted by atomic mass is 10.0. The predicted molar refractivity (Wildman–Crippen MR) is 138 cm³/mol. The average molecular weight is 511 g/mol. The van der Waals surface area contributed by atoms with E-state index in [0.29, 0.717) is 24.1 Å². The maximum absolute atomic E-state index is 12.9. The van der Waals surface area contributed by atoms with Crippen molar-refractivity contribution >= 4 is 29.3 Å². The smallest absolute Gasteiger partial charge is 0.270 e. The highest BCUT2D eigenvalue weighted by Gasteiger charge is 2.26. The van der Waals surface area contributed by atoms with Gasteiger partial charge in [0.1, 0.15) is 0 Å². The second-order valence-electron chi connectivity index (χ2n) is 8.46. The maximum atomic E-state index is 12.9. The minimum atomic E-state index is -0.536. The number of nitrogens with one attached hydrogen (secondary N) is 2. The van der Waals surface area contributed by atoms with Gasteiger partial charge in [-0.15, -0.1) is 10.2 Å². The number of carbonyl (C=O) groups is 2. The Labute approximate surface area is 214 Å². The van der Waals surface area contributed by atoms with Crippen LogP contribution >= 0.6 is 11.8 Å². The van der Waals surface area contributed by atoms with E-state index in [4.69, 9.17) is 0 Å². The molecule has 0 saturated heterocycles. The van der Waals surface area contributed by atoms with E-state index >= 15 is 0 Å². The highest BCUT2D eigenvalue weighted by Crippen LogP contribution is 2.26. The molecule has 36 heavy (non-hydrogen) atoms. The zero-order valence-corrected chi connectivity index (χ0v) is 21.3. The Kier molecular flexibility index (Phi) is 9.57. The first-order chi connectivity index (χ1) is 17.3. The number of rotatable bonds is 12. The lowest BCUT2D eigenvalue weighted by Gasteiger charge is -2.22. The van der Waals surface area contributed by atoms with E-state index in [0.717, 1.165) is 12.0 Å². The van der Waals surface area contributed by atoms with E-state index in [1.165, 1.54) is 36.0 Å². The normalized spacial score (nSPS) is 11.8. The van der Waals surface area contributed by atoms with Gasteiger partial charge < -0.3 is 15.2 Å². The summed E-state index contributed by atoms with van der Waals surface area (Å²) < 4.78 is 1.88. The van der Waals surface area contributed by atoms with Gasteiger partial charge in [0.25, 0.3) is 11.6 Å². The first-order valence-electron chi connectivity index (χ1n) is 11.7.